The molecule has 1 amide bonds. The molecule has 1 N–H and O–H groups in total. The van der Waals surface area contributed by atoms with Gasteiger partial charge < -0.3 is 10.0 Å². The summed E-state index contributed by atoms with van der Waals surface area (Å²) < 4.78 is 0. The average molecular weight is 329 g/mol. The summed E-state index contributed by atoms with van der Waals surface area (Å²) in [6.07, 6.45) is 3.82. The average Bonchev–Trinajstić information content (AvgIpc) is 3.10. The molecule has 1 aliphatic rings. The Kier molecular flexibility index (Phi) is 5.20. The molecule has 128 valence electrons. The monoisotopic (exact) mass is 329 g/mol. The lowest BCUT2D eigenvalue weighted by Crippen LogP contribution is -2.41. The van der Waals surface area contributed by atoms with Crippen molar-refractivity contribution in [1.82, 2.24) is 25.1 Å². The van der Waals surface area contributed by atoms with Crippen molar-refractivity contribution in [3.05, 3.63) is 30.3 Å². The highest BCUT2D eigenvalue weighted by atomic mass is 16.3. The van der Waals surface area contributed by atoms with Gasteiger partial charge in [0, 0.05) is 25.3 Å². The lowest BCUT2D eigenvalue weighted by atomic mass is 9.86. The van der Waals surface area contributed by atoms with Gasteiger partial charge in [0.2, 0.25) is 11.7 Å². The van der Waals surface area contributed by atoms with Gasteiger partial charge in [-0.05, 0) is 36.8 Å². The Hall–Kier alpha value is -2.28. The molecule has 1 aliphatic carbocycles. The number of rotatable bonds is 5. The topological polar surface area (TPSA) is 84.1 Å². The SMILES string of the molecule is CN(C(=O)Cn1nnc(-c2ccccc2)n1)C1CCC(CO)CC1. The number of aliphatic hydroxyl groups excluding tert-OH is 1. The molecule has 7 heteroatoms. The molecule has 1 saturated carbocycles. The fraction of sp³-hybridized carbons (Fsp3) is 0.529. The summed E-state index contributed by atoms with van der Waals surface area (Å²) in [7, 11) is 1.83. The molecule has 2 aromatic rings. The number of hydrogen-bond acceptors (Lipinski definition) is 5. The van der Waals surface area contributed by atoms with Gasteiger partial charge in [0.25, 0.3) is 0 Å². The van der Waals surface area contributed by atoms with Gasteiger partial charge >= 0.3 is 0 Å². The first kappa shape index (κ1) is 16.6. The minimum Gasteiger partial charge on any atom is -0.396 e. The number of nitrogens with zero attached hydrogens (tertiary/aromatic N) is 5. The summed E-state index contributed by atoms with van der Waals surface area (Å²) in [5, 5.41) is 21.5. The van der Waals surface area contributed by atoms with Crippen molar-refractivity contribution in [3.8, 4) is 11.4 Å². The highest BCUT2D eigenvalue weighted by Crippen LogP contribution is 2.26. The largest absolute Gasteiger partial charge is 0.396 e. The maximum Gasteiger partial charge on any atom is 0.246 e. The van der Waals surface area contributed by atoms with E-state index in [1.54, 1.807) is 4.90 Å². The van der Waals surface area contributed by atoms with Crippen LogP contribution in [0.3, 0.4) is 0 Å². The molecule has 24 heavy (non-hydrogen) atoms. The van der Waals surface area contributed by atoms with Crippen molar-refractivity contribution in [2.75, 3.05) is 13.7 Å². The van der Waals surface area contributed by atoms with E-state index in [-0.39, 0.29) is 25.1 Å². The zero-order chi connectivity index (χ0) is 16.9. The molecular formula is C17H23N5O2. The normalized spacial score (nSPS) is 20.8. The van der Waals surface area contributed by atoms with Gasteiger partial charge in [-0.25, -0.2) is 0 Å². The van der Waals surface area contributed by atoms with Crippen LogP contribution in [0.25, 0.3) is 11.4 Å². The predicted octanol–water partition coefficient (Wildman–Crippen LogP) is 1.35. The molecule has 1 fully saturated rings. The molecule has 0 saturated heterocycles. The van der Waals surface area contributed by atoms with E-state index in [0.29, 0.717) is 11.7 Å². The third-order valence-electron chi connectivity index (χ3n) is 4.78. The molecule has 0 spiro atoms. The van der Waals surface area contributed by atoms with Crippen molar-refractivity contribution >= 4 is 5.91 Å². The first-order valence-corrected chi connectivity index (χ1v) is 8.37. The summed E-state index contributed by atoms with van der Waals surface area (Å²) >= 11 is 0. The summed E-state index contributed by atoms with van der Waals surface area (Å²) in [6.45, 7) is 0.339. The second-order valence-corrected chi connectivity index (χ2v) is 6.37. The first-order valence-electron chi connectivity index (χ1n) is 8.37. The maximum atomic E-state index is 12.5. The third kappa shape index (κ3) is 3.79. The van der Waals surface area contributed by atoms with E-state index < -0.39 is 0 Å². The lowest BCUT2D eigenvalue weighted by Gasteiger charge is -2.34. The van der Waals surface area contributed by atoms with E-state index in [9.17, 15) is 9.90 Å². The summed E-state index contributed by atoms with van der Waals surface area (Å²) in [5.74, 6) is 0.893. The van der Waals surface area contributed by atoms with E-state index >= 15 is 0 Å². The fourth-order valence-corrected chi connectivity index (χ4v) is 3.16. The van der Waals surface area contributed by atoms with Gasteiger partial charge in [0.15, 0.2) is 0 Å². The Labute approximate surface area is 141 Å². The van der Waals surface area contributed by atoms with Crippen LogP contribution >= 0.6 is 0 Å². The fourth-order valence-electron chi connectivity index (χ4n) is 3.16. The zero-order valence-electron chi connectivity index (χ0n) is 13.9. The summed E-state index contributed by atoms with van der Waals surface area (Å²) in [5.41, 5.74) is 0.881. The van der Waals surface area contributed by atoms with Crippen LogP contribution in [0.4, 0.5) is 0 Å². The summed E-state index contributed by atoms with van der Waals surface area (Å²) in [4.78, 5) is 15.6. The Balaban J connectivity index is 1.58. The van der Waals surface area contributed by atoms with Crippen molar-refractivity contribution in [3.63, 3.8) is 0 Å². The molecule has 1 aromatic heterocycles. The maximum absolute atomic E-state index is 12.5. The standard InChI is InChI=1S/C17H23N5O2/c1-21(15-9-7-13(12-23)8-10-15)16(24)11-22-19-17(18-20-22)14-5-3-2-4-6-14/h2-6,13,15,23H,7-12H2,1H3. The van der Waals surface area contributed by atoms with E-state index in [0.717, 1.165) is 31.2 Å². The Morgan fingerprint density at radius 3 is 2.62 bits per heavy atom. The van der Waals surface area contributed by atoms with Gasteiger partial charge in [-0.1, -0.05) is 30.3 Å². The molecule has 0 aliphatic heterocycles. The smallest absolute Gasteiger partial charge is 0.246 e. The van der Waals surface area contributed by atoms with Crippen molar-refractivity contribution < 1.29 is 9.90 Å². The number of tetrazole rings is 1. The second-order valence-electron chi connectivity index (χ2n) is 6.37. The molecule has 1 heterocycles. The third-order valence-corrected chi connectivity index (χ3v) is 4.78. The number of carbonyl (C=O) groups excluding carboxylic acids is 1. The van der Waals surface area contributed by atoms with Crippen LogP contribution in [0.2, 0.25) is 0 Å². The van der Waals surface area contributed by atoms with Crippen LogP contribution in [0.5, 0.6) is 0 Å². The number of carbonyl (C=O) groups is 1. The quantitative estimate of drug-likeness (QED) is 0.895. The minimum absolute atomic E-state index is 0.0144. The molecule has 1 aromatic carbocycles. The molecule has 0 radical (unpaired) electrons. The molecule has 3 rings (SSSR count). The number of likely N-dealkylation sites (N-methyl/N-ethyl adjacent to an activating group) is 1. The van der Waals surface area contributed by atoms with Gasteiger partial charge in [0.05, 0.1) is 0 Å². The van der Waals surface area contributed by atoms with Gasteiger partial charge in [0.1, 0.15) is 6.54 Å². The first-order chi connectivity index (χ1) is 11.7. The van der Waals surface area contributed by atoms with Crippen molar-refractivity contribution in [2.45, 2.75) is 38.3 Å². The van der Waals surface area contributed by atoms with Crippen LogP contribution in [-0.4, -0.2) is 55.8 Å². The Morgan fingerprint density at radius 1 is 1.25 bits per heavy atom. The number of aliphatic hydroxyl groups is 1. The highest BCUT2D eigenvalue weighted by Gasteiger charge is 2.26. The predicted molar refractivity (Wildman–Crippen MR) is 88.9 cm³/mol. The number of hydrogen-bond donors (Lipinski definition) is 1. The van der Waals surface area contributed by atoms with Gasteiger partial charge in [-0.15, -0.1) is 10.2 Å². The second kappa shape index (κ2) is 7.53. The van der Waals surface area contributed by atoms with E-state index in [1.165, 1.54) is 4.80 Å². The van der Waals surface area contributed by atoms with Crippen molar-refractivity contribution in [2.24, 2.45) is 5.92 Å². The van der Waals surface area contributed by atoms with Crippen LogP contribution in [-0.2, 0) is 11.3 Å². The van der Waals surface area contributed by atoms with Gasteiger partial charge in [-0.3, -0.25) is 4.79 Å². The lowest BCUT2D eigenvalue weighted by molar-refractivity contribution is -0.133. The Morgan fingerprint density at radius 2 is 1.96 bits per heavy atom. The number of benzene rings is 1. The highest BCUT2D eigenvalue weighted by molar-refractivity contribution is 5.75. The van der Waals surface area contributed by atoms with Crippen molar-refractivity contribution in [1.29, 1.82) is 0 Å². The van der Waals surface area contributed by atoms with Crippen LogP contribution in [0, 0.1) is 5.92 Å². The minimum atomic E-state index is -0.0144. The molecule has 7 nitrogen and oxygen atoms in total. The van der Waals surface area contributed by atoms with E-state index in [4.69, 9.17) is 0 Å². The Bertz CT molecular complexity index is 665. The van der Waals surface area contributed by atoms with Gasteiger partial charge in [-0.2, -0.15) is 4.80 Å². The molecule has 0 atom stereocenters. The molecule has 0 unspecified atom stereocenters. The summed E-state index contributed by atoms with van der Waals surface area (Å²) in [6, 6.07) is 9.81. The number of amides is 1. The molecular weight excluding hydrogens is 306 g/mol. The van der Waals surface area contributed by atoms with Crippen LogP contribution in [0.15, 0.2) is 30.3 Å². The molecule has 0 bridgehead atoms. The zero-order valence-corrected chi connectivity index (χ0v) is 13.9. The van der Waals surface area contributed by atoms with E-state index in [2.05, 4.69) is 15.4 Å². The van der Waals surface area contributed by atoms with E-state index in [1.807, 2.05) is 37.4 Å². The van der Waals surface area contributed by atoms with Crippen LogP contribution in [0.1, 0.15) is 25.7 Å². The number of aromatic nitrogens is 4. The van der Waals surface area contributed by atoms with Crippen LogP contribution < -0.4 is 0 Å².